The Morgan fingerprint density at radius 2 is 1.84 bits per heavy atom. The number of aliphatic carboxylic acids is 1. The molecule has 0 saturated carbocycles. The van der Waals surface area contributed by atoms with E-state index in [0.717, 1.165) is 5.39 Å². The van der Waals surface area contributed by atoms with Crippen molar-refractivity contribution in [3.05, 3.63) is 42.0 Å². The van der Waals surface area contributed by atoms with Crippen molar-refractivity contribution in [1.82, 2.24) is 5.32 Å². The van der Waals surface area contributed by atoms with E-state index in [4.69, 9.17) is 5.11 Å². The van der Waals surface area contributed by atoms with Crippen LogP contribution in [0, 0.1) is 0 Å². The Morgan fingerprint density at radius 1 is 1.11 bits per heavy atom. The van der Waals surface area contributed by atoms with E-state index in [1.165, 1.54) is 6.07 Å². The Labute approximate surface area is 109 Å². The maximum absolute atomic E-state index is 11.8. The van der Waals surface area contributed by atoms with Crippen molar-refractivity contribution >= 4 is 22.6 Å². The molecule has 0 fully saturated rings. The van der Waals surface area contributed by atoms with Crippen LogP contribution in [0.4, 0.5) is 0 Å². The lowest BCUT2D eigenvalue weighted by Crippen LogP contribution is -2.26. The molecule has 2 rings (SSSR count). The molecular formula is C14H13NO4. The van der Waals surface area contributed by atoms with Crippen LogP contribution in [0.3, 0.4) is 0 Å². The number of nitrogens with one attached hydrogen (secondary N) is 1. The van der Waals surface area contributed by atoms with Crippen molar-refractivity contribution < 1.29 is 19.8 Å². The van der Waals surface area contributed by atoms with Crippen molar-refractivity contribution in [1.29, 1.82) is 0 Å². The summed E-state index contributed by atoms with van der Waals surface area (Å²) in [5, 5.41) is 22.4. The van der Waals surface area contributed by atoms with Gasteiger partial charge < -0.3 is 15.5 Å². The lowest BCUT2D eigenvalue weighted by molar-refractivity contribution is -0.136. The van der Waals surface area contributed by atoms with E-state index in [1.54, 1.807) is 18.2 Å². The van der Waals surface area contributed by atoms with Crippen LogP contribution in [0.15, 0.2) is 36.4 Å². The maximum atomic E-state index is 11.8. The van der Waals surface area contributed by atoms with Gasteiger partial charge in [-0.2, -0.15) is 0 Å². The Bertz CT molecular complexity index is 636. The molecule has 0 unspecified atom stereocenters. The van der Waals surface area contributed by atoms with Crippen LogP contribution < -0.4 is 5.32 Å². The van der Waals surface area contributed by atoms with Crippen molar-refractivity contribution in [2.75, 3.05) is 6.54 Å². The molecular weight excluding hydrogens is 246 g/mol. The van der Waals surface area contributed by atoms with Crippen molar-refractivity contribution in [2.45, 2.75) is 6.42 Å². The number of hydrogen-bond donors (Lipinski definition) is 3. The molecule has 0 spiro atoms. The average molecular weight is 259 g/mol. The lowest BCUT2D eigenvalue weighted by Gasteiger charge is -2.08. The zero-order valence-electron chi connectivity index (χ0n) is 10.1. The molecule has 0 heterocycles. The molecule has 0 aliphatic carbocycles. The van der Waals surface area contributed by atoms with Gasteiger partial charge in [-0.25, -0.2) is 0 Å². The molecule has 98 valence electrons. The lowest BCUT2D eigenvalue weighted by atomic mass is 10.0. The molecule has 19 heavy (non-hydrogen) atoms. The number of aromatic hydroxyl groups is 1. The van der Waals surface area contributed by atoms with Gasteiger partial charge in [-0.15, -0.1) is 0 Å². The van der Waals surface area contributed by atoms with Gasteiger partial charge in [-0.1, -0.05) is 30.3 Å². The van der Waals surface area contributed by atoms with E-state index < -0.39 is 11.9 Å². The fourth-order valence-corrected chi connectivity index (χ4v) is 1.82. The number of benzene rings is 2. The van der Waals surface area contributed by atoms with Gasteiger partial charge in [0.2, 0.25) is 0 Å². The SMILES string of the molecule is O=C(O)CCNC(=O)c1ccc2ccccc2c1O. The normalized spacial score (nSPS) is 10.3. The molecule has 0 aliphatic heterocycles. The Balaban J connectivity index is 2.22. The summed E-state index contributed by atoms with van der Waals surface area (Å²) in [6.07, 6.45) is -0.153. The summed E-state index contributed by atoms with van der Waals surface area (Å²) in [4.78, 5) is 22.2. The molecule has 0 bridgehead atoms. The largest absolute Gasteiger partial charge is 0.506 e. The van der Waals surface area contributed by atoms with Crippen molar-refractivity contribution in [2.24, 2.45) is 0 Å². The molecule has 5 heteroatoms. The average Bonchev–Trinajstić information content (AvgIpc) is 2.39. The van der Waals surface area contributed by atoms with E-state index >= 15 is 0 Å². The first-order chi connectivity index (χ1) is 9.09. The third kappa shape index (κ3) is 2.82. The highest BCUT2D eigenvalue weighted by Crippen LogP contribution is 2.28. The molecule has 0 saturated heterocycles. The topological polar surface area (TPSA) is 86.6 Å². The number of hydrogen-bond acceptors (Lipinski definition) is 3. The second kappa shape index (κ2) is 5.39. The predicted octanol–water partition coefficient (Wildman–Crippen LogP) is 1.75. The monoisotopic (exact) mass is 259 g/mol. The smallest absolute Gasteiger partial charge is 0.305 e. The standard InChI is InChI=1S/C14H13NO4/c16-12(17)7-8-15-14(19)11-6-5-9-3-1-2-4-10(9)13(11)18/h1-6,18H,7-8H2,(H,15,19)(H,16,17). The van der Waals surface area contributed by atoms with Gasteiger partial charge in [0.25, 0.3) is 5.91 Å². The highest BCUT2D eigenvalue weighted by molar-refractivity contribution is 6.03. The van der Waals surface area contributed by atoms with Crippen LogP contribution in [0.2, 0.25) is 0 Å². The van der Waals surface area contributed by atoms with Gasteiger partial charge >= 0.3 is 5.97 Å². The Kier molecular flexibility index (Phi) is 3.66. The van der Waals surface area contributed by atoms with Crippen LogP contribution in [0.25, 0.3) is 10.8 Å². The number of phenols is 1. The fourth-order valence-electron chi connectivity index (χ4n) is 1.82. The quantitative estimate of drug-likeness (QED) is 0.780. The summed E-state index contributed by atoms with van der Waals surface area (Å²) in [5.41, 5.74) is 0.143. The van der Waals surface area contributed by atoms with Gasteiger partial charge in [-0.05, 0) is 11.5 Å². The zero-order valence-corrected chi connectivity index (χ0v) is 10.1. The summed E-state index contributed by atoms with van der Waals surface area (Å²) in [5.74, 6) is -1.56. The number of phenolic OH excluding ortho intramolecular Hbond substituents is 1. The molecule has 3 N–H and O–H groups in total. The molecule has 5 nitrogen and oxygen atoms in total. The van der Waals surface area contributed by atoms with Gasteiger partial charge in [0.15, 0.2) is 0 Å². The van der Waals surface area contributed by atoms with Crippen LogP contribution in [-0.2, 0) is 4.79 Å². The maximum Gasteiger partial charge on any atom is 0.305 e. The minimum atomic E-state index is -0.983. The zero-order chi connectivity index (χ0) is 13.8. The summed E-state index contributed by atoms with van der Waals surface area (Å²) < 4.78 is 0. The van der Waals surface area contributed by atoms with Gasteiger partial charge in [0.1, 0.15) is 5.75 Å². The highest BCUT2D eigenvalue weighted by Gasteiger charge is 2.13. The van der Waals surface area contributed by atoms with Crippen LogP contribution in [0.5, 0.6) is 5.75 Å². The van der Waals surface area contributed by atoms with E-state index in [9.17, 15) is 14.7 Å². The van der Waals surface area contributed by atoms with E-state index in [2.05, 4.69) is 5.32 Å². The number of fused-ring (bicyclic) bond motifs is 1. The first-order valence-electron chi connectivity index (χ1n) is 5.80. The number of amides is 1. The molecule has 0 atom stereocenters. The third-order valence-electron chi connectivity index (χ3n) is 2.77. The third-order valence-corrected chi connectivity index (χ3v) is 2.77. The van der Waals surface area contributed by atoms with Crippen LogP contribution in [0.1, 0.15) is 16.8 Å². The van der Waals surface area contributed by atoms with Gasteiger partial charge in [-0.3, -0.25) is 9.59 Å². The van der Waals surface area contributed by atoms with Crippen molar-refractivity contribution in [3.8, 4) is 5.75 Å². The first-order valence-corrected chi connectivity index (χ1v) is 5.80. The predicted molar refractivity (Wildman–Crippen MR) is 70.2 cm³/mol. The van der Waals surface area contributed by atoms with E-state index in [0.29, 0.717) is 5.39 Å². The fraction of sp³-hybridized carbons (Fsp3) is 0.143. The van der Waals surface area contributed by atoms with E-state index in [-0.39, 0.29) is 24.3 Å². The summed E-state index contributed by atoms with van der Waals surface area (Å²) in [6.45, 7) is 0.0282. The second-order valence-electron chi connectivity index (χ2n) is 4.08. The Hall–Kier alpha value is -2.56. The van der Waals surface area contributed by atoms with Crippen molar-refractivity contribution in [3.63, 3.8) is 0 Å². The van der Waals surface area contributed by atoms with Gasteiger partial charge in [0, 0.05) is 11.9 Å². The number of carbonyl (C=O) groups is 2. The molecule has 0 radical (unpaired) electrons. The highest BCUT2D eigenvalue weighted by atomic mass is 16.4. The molecule has 1 amide bonds. The molecule has 2 aromatic carbocycles. The van der Waals surface area contributed by atoms with Gasteiger partial charge in [0.05, 0.1) is 12.0 Å². The Morgan fingerprint density at radius 3 is 2.58 bits per heavy atom. The molecule has 2 aromatic rings. The van der Waals surface area contributed by atoms with Crippen LogP contribution in [-0.4, -0.2) is 28.6 Å². The number of rotatable bonds is 4. The number of carboxylic acid groups (broad SMARTS) is 1. The minimum Gasteiger partial charge on any atom is -0.506 e. The summed E-state index contributed by atoms with van der Waals surface area (Å²) in [7, 11) is 0. The van der Waals surface area contributed by atoms with E-state index in [1.807, 2.05) is 12.1 Å². The number of carbonyl (C=O) groups excluding carboxylic acids is 1. The molecule has 0 aliphatic rings. The minimum absolute atomic E-state index is 0.0282. The second-order valence-corrected chi connectivity index (χ2v) is 4.08. The molecule has 0 aromatic heterocycles. The first kappa shape index (κ1) is 12.9. The summed E-state index contributed by atoms with van der Waals surface area (Å²) >= 11 is 0. The summed E-state index contributed by atoms with van der Waals surface area (Å²) in [6, 6.07) is 10.4. The number of carboxylic acids is 1. The van der Waals surface area contributed by atoms with Crippen LogP contribution >= 0.6 is 0 Å².